The molecule has 13 heavy (non-hydrogen) atoms. The van der Waals surface area contributed by atoms with Gasteiger partial charge in [0.15, 0.2) is 0 Å². The number of phenolic OH excluding ortho intramolecular Hbond substituents is 1. The van der Waals surface area contributed by atoms with Gasteiger partial charge >= 0.3 is 0 Å². The minimum Gasteiger partial charge on any atom is -0.508 e. The van der Waals surface area contributed by atoms with Crippen LogP contribution in [0.2, 0.25) is 0 Å². The van der Waals surface area contributed by atoms with Crippen LogP contribution in [0.4, 0.5) is 5.69 Å². The second kappa shape index (κ2) is 3.13. The first-order valence-electron chi connectivity index (χ1n) is 4.49. The molecule has 2 rings (SSSR count). The Hall–Kier alpha value is -1.44. The van der Waals surface area contributed by atoms with E-state index in [-0.39, 0.29) is 0 Å². The Labute approximate surface area is 78.1 Å². The molecule has 0 spiro atoms. The van der Waals surface area contributed by atoms with Crippen LogP contribution in [-0.4, -0.2) is 18.2 Å². The Balaban J connectivity index is 2.37. The summed E-state index contributed by atoms with van der Waals surface area (Å²) in [5.41, 5.74) is 2.23. The standard InChI is InChI=1S/C11H13NO/c1-2-7-12-8-6-9-10(12)4-3-5-11(9)13/h2-5,13H,1,6-8H2. The lowest BCUT2D eigenvalue weighted by Gasteiger charge is -2.16. The Bertz CT molecular complexity index is 333. The maximum Gasteiger partial charge on any atom is 0.120 e. The Kier molecular flexibility index (Phi) is 1.97. The lowest BCUT2D eigenvalue weighted by atomic mass is 10.1. The highest BCUT2D eigenvalue weighted by Crippen LogP contribution is 2.33. The van der Waals surface area contributed by atoms with Gasteiger partial charge in [0.05, 0.1) is 0 Å². The predicted octanol–water partition coefficient (Wildman–Crippen LogP) is 1.94. The van der Waals surface area contributed by atoms with Gasteiger partial charge in [-0.15, -0.1) is 6.58 Å². The van der Waals surface area contributed by atoms with Crippen LogP contribution in [-0.2, 0) is 6.42 Å². The largest absolute Gasteiger partial charge is 0.508 e. The number of benzene rings is 1. The average molecular weight is 175 g/mol. The topological polar surface area (TPSA) is 23.5 Å². The zero-order chi connectivity index (χ0) is 9.26. The fourth-order valence-corrected chi connectivity index (χ4v) is 1.83. The highest BCUT2D eigenvalue weighted by atomic mass is 16.3. The molecule has 0 atom stereocenters. The Morgan fingerprint density at radius 1 is 1.54 bits per heavy atom. The zero-order valence-corrected chi connectivity index (χ0v) is 7.53. The molecule has 0 aliphatic carbocycles. The SMILES string of the molecule is C=CCN1CCc2c(O)cccc21. The van der Waals surface area contributed by atoms with E-state index in [0.717, 1.165) is 30.8 Å². The molecule has 1 aliphatic rings. The minimum atomic E-state index is 0.420. The Morgan fingerprint density at radius 3 is 3.15 bits per heavy atom. The van der Waals surface area contributed by atoms with E-state index >= 15 is 0 Å². The average Bonchev–Trinajstić information content (AvgIpc) is 2.51. The number of anilines is 1. The summed E-state index contributed by atoms with van der Waals surface area (Å²) in [5.74, 6) is 0.420. The molecule has 0 bridgehead atoms. The summed E-state index contributed by atoms with van der Waals surface area (Å²) in [7, 11) is 0. The van der Waals surface area contributed by atoms with E-state index in [9.17, 15) is 5.11 Å². The molecule has 0 radical (unpaired) electrons. The second-order valence-electron chi connectivity index (χ2n) is 3.26. The first-order chi connectivity index (χ1) is 6.33. The van der Waals surface area contributed by atoms with Crippen molar-refractivity contribution in [3.63, 3.8) is 0 Å². The molecule has 0 fully saturated rings. The van der Waals surface area contributed by atoms with E-state index in [1.165, 1.54) is 0 Å². The molecular weight excluding hydrogens is 162 g/mol. The molecular formula is C11H13NO. The van der Waals surface area contributed by atoms with E-state index in [4.69, 9.17) is 0 Å². The van der Waals surface area contributed by atoms with E-state index < -0.39 is 0 Å². The van der Waals surface area contributed by atoms with Gasteiger partial charge in [0.1, 0.15) is 5.75 Å². The number of hydrogen-bond donors (Lipinski definition) is 1. The summed E-state index contributed by atoms with van der Waals surface area (Å²) < 4.78 is 0. The molecule has 68 valence electrons. The van der Waals surface area contributed by atoms with Crippen molar-refractivity contribution >= 4 is 5.69 Å². The van der Waals surface area contributed by atoms with Gasteiger partial charge < -0.3 is 10.0 Å². The maximum absolute atomic E-state index is 9.56. The molecule has 1 aromatic rings. The van der Waals surface area contributed by atoms with Gasteiger partial charge in [-0.1, -0.05) is 12.1 Å². The monoisotopic (exact) mass is 175 g/mol. The minimum absolute atomic E-state index is 0.420. The first-order valence-corrected chi connectivity index (χ1v) is 4.49. The van der Waals surface area contributed by atoms with Crippen LogP contribution < -0.4 is 4.90 Å². The predicted molar refractivity (Wildman–Crippen MR) is 54.2 cm³/mol. The van der Waals surface area contributed by atoms with Gasteiger partial charge in [0, 0.05) is 24.3 Å². The molecule has 1 aromatic carbocycles. The van der Waals surface area contributed by atoms with Crippen molar-refractivity contribution in [3.8, 4) is 5.75 Å². The maximum atomic E-state index is 9.56. The summed E-state index contributed by atoms with van der Waals surface area (Å²) in [6.07, 6.45) is 2.83. The van der Waals surface area contributed by atoms with Crippen molar-refractivity contribution < 1.29 is 5.11 Å². The molecule has 0 saturated carbocycles. The highest BCUT2D eigenvalue weighted by Gasteiger charge is 2.19. The van der Waals surface area contributed by atoms with E-state index in [2.05, 4.69) is 11.5 Å². The summed E-state index contributed by atoms with van der Waals surface area (Å²) in [5, 5.41) is 9.56. The lowest BCUT2D eigenvalue weighted by molar-refractivity contribution is 0.470. The van der Waals surface area contributed by atoms with Gasteiger partial charge in [0.25, 0.3) is 0 Å². The van der Waals surface area contributed by atoms with Crippen molar-refractivity contribution in [2.75, 3.05) is 18.0 Å². The number of nitrogens with zero attached hydrogens (tertiary/aromatic N) is 1. The molecule has 0 amide bonds. The number of phenols is 1. The normalized spacial score (nSPS) is 14.3. The van der Waals surface area contributed by atoms with Crippen LogP contribution in [0.25, 0.3) is 0 Å². The number of fused-ring (bicyclic) bond motifs is 1. The van der Waals surface area contributed by atoms with E-state index in [1.807, 2.05) is 18.2 Å². The summed E-state index contributed by atoms with van der Waals surface area (Å²) in [6.45, 7) is 5.56. The van der Waals surface area contributed by atoms with Crippen LogP contribution in [0.15, 0.2) is 30.9 Å². The fourth-order valence-electron chi connectivity index (χ4n) is 1.83. The number of aromatic hydroxyl groups is 1. The van der Waals surface area contributed by atoms with Crippen molar-refractivity contribution in [1.29, 1.82) is 0 Å². The third-order valence-electron chi connectivity index (χ3n) is 2.45. The number of hydrogen-bond acceptors (Lipinski definition) is 2. The second-order valence-corrected chi connectivity index (χ2v) is 3.26. The lowest BCUT2D eigenvalue weighted by Crippen LogP contribution is -2.19. The first kappa shape index (κ1) is 8.17. The molecule has 0 aromatic heterocycles. The van der Waals surface area contributed by atoms with Crippen LogP contribution in [0.1, 0.15) is 5.56 Å². The Morgan fingerprint density at radius 2 is 2.38 bits per heavy atom. The van der Waals surface area contributed by atoms with Crippen molar-refractivity contribution in [1.82, 2.24) is 0 Å². The molecule has 1 heterocycles. The third-order valence-corrected chi connectivity index (χ3v) is 2.45. The van der Waals surface area contributed by atoms with Crippen LogP contribution in [0, 0.1) is 0 Å². The van der Waals surface area contributed by atoms with Crippen molar-refractivity contribution in [3.05, 3.63) is 36.4 Å². The van der Waals surface area contributed by atoms with Gasteiger partial charge in [-0.3, -0.25) is 0 Å². The zero-order valence-electron chi connectivity index (χ0n) is 7.53. The van der Waals surface area contributed by atoms with Crippen LogP contribution in [0.5, 0.6) is 5.75 Å². The summed E-state index contributed by atoms with van der Waals surface area (Å²) >= 11 is 0. The molecule has 1 N–H and O–H groups in total. The summed E-state index contributed by atoms with van der Waals surface area (Å²) in [6, 6.07) is 5.68. The summed E-state index contributed by atoms with van der Waals surface area (Å²) in [4.78, 5) is 2.22. The third kappa shape index (κ3) is 1.28. The smallest absolute Gasteiger partial charge is 0.120 e. The fraction of sp³-hybridized carbons (Fsp3) is 0.273. The molecule has 0 unspecified atom stereocenters. The van der Waals surface area contributed by atoms with Crippen LogP contribution in [0.3, 0.4) is 0 Å². The van der Waals surface area contributed by atoms with E-state index in [0.29, 0.717) is 5.75 Å². The molecule has 1 aliphatic heterocycles. The molecule has 2 nitrogen and oxygen atoms in total. The van der Waals surface area contributed by atoms with Crippen molar-refractivity contribution in [2.45, 2.75) is 6.42 Å². The van der Waals surface area contributed by atoms with Gasteiger partial charge in [-0.05, 0) is 18.6 Å². The molecule has 0 saturated heterocycles. The highest BCUT2D eigenvalue weighted by molar-refractivity contribution is 5.63. The van der Waals surface area contributed by atoms with Crippen LogP contribution >= 0.6 is 0 Å². The van der Waals surface area contributed by atoms with E-state index in [1.54, 1.807) is 6.07 Å². The molecule has 2 heteroatoms. The quantitative estimate of drug-likeness (QED) is 0.694. The van der Waals surface area contributed by atoms with Crippen molar-refractivity contribution in [2.24, 2.45) is 0 Å². The number of rotatable bonds is 2. The van der Waals surface area contributed by atoms with Gasteiger partial charge in [-0.25, -0.2) is 0 Å². The van der Waals surface area contributed by atoms with Gasteiger partial charge in [-0.2, -0.15) is 0 Å². The van der Waals surface area contributed by atoms with Gasteiger partial charge in [0.2, 0.25) is 0 Å².